The normalized spacial score (nSPS) is 34.2. The van der Waals surface area contributed by atoms with Crippen molar-refractivity contribution in [3.05, 3.63) is 34.9 Å². The first kappa shape index (κ1) is 23.8. The molecule has 2 fully saturated rings. The fourth-order valence-electron chi connectivity index (χ4n) is 7.44. The van der Waals surface area contributed by atoms with Gasteiger partial charge in [-0.2, -0.15) is 0 Å². The molecule has 0 amide bonds. The van der Waals surface area contributed by atoms with Crippen molar-refractivity contribution < 1.29 is 33.6 Å². The van der Waals surface area contributed by atoms with Crippen molar-refractivity contribution >= 4 is 11.9 Å². The highest BCUT2D eigenvalue weighted by atomic mass is 16.7. The van der Waals surface area contributed by atoms with E-state index in [0.717, 1.165) is 61.4 Å². The summed E-state index contributed by atoms with van der Waals surface area (Å²) in [5.74, 6) is -0.240. The predicted octanol–water partition coefficient (Wildman–Crippen LogP) is 3.95. The third-order valence-corrected chi connectivity index (χ3v) is 8.86. The summed E-state index contributed by atoms with van der Waals surface area (Å²) in [6.07, 6.45) is 6.18. The van der Waals surface area contributed by atoms with Gasteiger partial charge in [0.25, 0.3) is 0 Å². The summed E-state index contributed by atoms with van der Waals surface area (Å²) < 4.78 is 24.0. The molecule has 4 aliphatic heterocycles. The Morgan fingerprint density at radius 1 is 1.11 bits per heavy atom. The molecule has 0 aromatic heterocycles. The van der Waals surface area contributed by atoms with Gasteiger partial charge >= 0.3 is 11.9 Å². The topological polar surface area (TPSA) is 94.5 Å². The number of fused-ring (bicyclic) bond motifs is 3. The Morgan fingerprint density at radius 3 is 2.64 bits per heavy atom. The first-order chi connectivity index (χ1) is 17.1. The van der Waals surface area contributed by atoms with Crippen LogP contribution in [0.2, 0.25) is 0 Å². The van der Waals surface area contributed by atoms with Crippen LogP contribution in [0.5, 0.6) is 11.5 Å². The van der Waals surface area contributed by atoms with Gasteiger partial charge in [0.15, 0.2) is 17.1 Å². The molecule has 1 spiro atoms. The summed E-state index contributed by atoms with van der Waals surface area (Å²) in [5.41, 5.74) is 1.02. The van der Waals surface area contributed by atoms with Gasteiger partial charge in [-0.3, -0.25) is 9.69 Å². The monoisotopic (exact) mass is 497 g/mol. The van der Waals surface area contributed by atoms with Crippen molar-refractivity contribution in [3.8, 4) is 11.5 Å². The molecule has 194 valence electrons. The van der Waals surface area contributed by atoms with Gasteiger partial charge in [-0.15, -0.1) is 0 Å². The van der Waals surface area contributed by atoms with Crippen LogP contribution >= 0.6 is 0 Å². The summed E-state index contributed by atoms with van der Waals surface area (Å²) >= 11 is 0. The van der Waals surface area contributed by atoms with Crippen molar-refractivity contribution in [2.45, 2.75) is 94.5 Å². The number of aliphatic carboxylic acids is 1. The third-order valence-electron chi connectivity index (χ3n) is 8.86. The maximum absolute atomic E-state index is 13.9. The number of carbonyl (C=O) groups is 2. The molecular formula is C28H35NO7. The van der Waals surface area contributed by atoms with E-state index >= 15 is 0 Å². The molecule has 1 N–H and O–H groups in total. The quantitative estimate of drug-likeness (QED) is 0.494. The van der Waals surface area contributed by atoms with Gasteiger partial charge in [0, 0.05) is 12.5 Å². The number of carbonyl (C=O) groups excluding carboxylic acids is 1. The lowest BCUT2D eigenvalue weighted by Crippen LogP contribution is -2.54. The summed E-state index contributed by atoms with van der Waals surface area (Å²) in [5, 5.41) is 9.70. The number of esters is 1. The van der Waals surface area contributed by atoms with E-state index in [1.165, 1.54) is 5.56 Å². The second-order valence-electron chi connectivity index (χ2n) is 11.7. The number of carboxylic acid groups (broad SMARTS) is 1. The van der Waals surface area contributed by atoms with Crippen LogP contribution in [0.1, 0.15) is 76.3 Å². The summed E-state index contributed by atoms with van der Waals surface area (Å²) in [6.45, 7) is 7.98. The van der Waals surface area contributed by atoms with Gasteiger partial charge in [-0.1, -0.05) is 6.08 Å². The Labute approximate surface area is 211 Å². The summed E-state index contributed by atoms with van der Waals surface area (Å²) in [6, 6.07) is 4.16. The van der Waals surface area contributed by atoms with Crippen molar-refractivity contribution in [3.63, 3.8) is 0 Å². The zero-order chi connectivity index (χ0) is 25.3. The van der Waals surface area contributed by atoms with E-state index in [-0.39, 0.29) is 18.2 Å². The first-order valence-corrected chi connectivity index (χ1v) is 13.1. The molecule has 4 atom stereocenters. The Balaban J connectivity index is 1.40. The Bertz CT molecular complexity index is 1140. The molecule has 6 rings (SSSR count). The van der Waals surface area contributed by atoms with Crippen LogP contribution in [0, 0.1) is 0 Å². The van der Waals surface area contributed by atoms with Crippen molar-refractivity contribution in [1.29, 1.82) is 0 Å². The van der Waals surface area contributed by atoms with E-state index in [2.05, 4.69) is 23.1 Å². The zero-order valence-corrected chi connectivity index (χ0v) is 21.3. The van der Waals surface area contributed by atoms with Crippen LogP contribution in [-0.4, -0.2) is 64.7 Å². The number of carboxylic acids is 1. The molecule has 1 aliphatic carbocycles. The second kappa shape index (κ2) is 8.21. The van der Waals surface area contributed by atoms with Gasteiger partial charge in [-0.25, -0.2) is 4.79 Å². The van der Waals surface area contributed by atoms with Crippen LogP contribution < -0.4 is 9.47 Å². The minimum atomic E-state index is -1.48. The molecule has 0 bridgehead atoms. The molecule has 36 heavy (non-hydrogen) atoms. The molecule has 8 nitrogen and oxygen atoms in total. The van der Waals surface area contributed by atoms with Gasteiger partial charge in [-0.05, 0) is 94.7 Å². The number of ether oxygens (including phenoxy) is 4. The lowest BCUT2D eigenvalue weighted by Gasteiger charge is -2.44. The molecule has 3 unspecified atom stereocenters. The fourth-order valence-corrected chi connectivity index (χ4v) is 7.44. The van der Waals surface area contributed by atoms with Crippen LogP contribution in [0.3, 0.4) is 0 Å². The maximum Gasteiger partial charge on any atom is 0.339 e. The van der Waals surface area contributed by atoms with E-state index < -0.39 is 35.7 Å². The molecule has 1 aromatic carbocycles. The Kier molecular flexibility index (Phi) is 5.43. The van der Waals surface area contributed by atoms with Gasteiger partial charge in [0.1, 0.15) is 6.10 Å². The van der Waals surface area contributed by atoms with Crippen LogP contribution in [0.25, 0.3) is 0 Å². The number of hydrogen-bond donors (Lipinski definition) is 1. The summed E-state index contributed by atoms with van der Waals surface area (Å²) in [4.78, 5) is 28.3. The fraction of sp³-hybridized carbons (Fsp3) is 0.643. The average molecular weight is 498 g/mol. The van der Waals surface area contributed by atoms with Crippen molar-refractivity contribution in [2.24, 2.45) is 0 Å². The largest absolute Gasteiger partial charge is 0.481 e. The molecule has 5 aliphatic rings. The minimum Gasteiger partial charge on any atom is -0.481 e. The van der Waals surface area contributed by atoms with Gasteiger partial charge in [0.2, 0.25) is 6.79 Å². The molecule has 1 aromatic rings. The lowest BCUT2D eigenvalue weighted by molar-refractivity contribution is -0.215. The van der Waals surface area contributed by atoms with E-state index in [9.17, 15) is 14.7 Å². The number of nitrogens with zero attached hydrogens (tertiary/aromatic N) is 1. The van der Waals surface area contributed by atoms with E-state index in [1.54, 1.807) is 0 Å². The average Bonchev–Trinajstić information content (AvgIpc) is 3.46. The summed E-state index contributed by atoms with van der Waals surface area (Å²) in [7, 11) is 0. The Morgan fingerprint density at radius 2 is 1.89 bits per heavy atom. The smallest absolute Gasteiger partial charge is 0.339 e. The highest BCUT2D eigenvalue weighted by Gasteiger charge is 2.58. The van der Waals surface area contributed by atoms with Gasteiger partial charge < -0.3 is 24.1 Å². The van der Waals surface area contributed by atoms with Crippen LogP contribution in [0.15, 0.2) is 23.8 Å². The molecule has 0 saturated carbocycles. The maximum atomic E-state index is 13.9. The highest BCUT2D eigenvalue weighted by Crippen LogP contribution is 2.55. The van der Waals surface area contributed by atoms with Crippen molar-refractivity contribution in [1.82, 2.24) is 4.90 Å². The minimum absolute atomic E-state index is 0.102. The number of rotatable bonds is 4. The number of benzene rings is 1. The third kappa shape index (κ3) is 3.64. The van der Waals surface area contributed by atoms with E-state index in [1.807, 2.05) is 20.8 Å². The van der Waals surface area contributed by atoms with Crippen LogP contribution in [-0.2, 0) is 25.5 Å². The molecule has 0 radical (unpaired) electrons. The Hall–Kier alpha value is -2.58. The molecule has 2 saturated heterocycles. The predicted molar refractivity (Wildman–Crippen MR) is 130 cm³/mol. The zero-order valence-electron chi connectivity index (χ0n) is 21.3. The highest BCUT2D eigenvalue weighted by molar-refractivity contribution is 5.86. The lowest BCUT2D eigenvalue weighted by atomic mass is 9.77. The first-order valence-electron chi connectivity index (χ1n) is 13.1. The SMILES string of the molecule is CC1=CC23CCCN2CCc2cc4c(cc2[C@@H]3C1OC(=O)C1(CC(=O)O)CCCC(C)(C)O1)OCO4. The molecule has 8 heteroatoms. The van der Waals surface area contributed by atoms with Gasteiger partial charge in [0.05, 0.1) is 17.6 Å². The van der Waals surface area contributed by atoms with Crippen LogP contribution in [0.4, 0.5) is 0 Å². The molecule has 4 heterocycles. The standard InChI is InChI=1S/C28H35NO7/c1-17-14-27-8-5-10-29(27)11-6-18-12-20-21(34-16-33-20)13-19(18)23(27)24(17)35-25(32)28(15-22(30)31)9-4-7-26(2,3)36-28/h12-14,23-24H,4-11,15-16H2,1-3H3,(H,30,31)/t23-,24?,27?,28?/m1/s1. The van der Waals surface area contributed by atoms with E-state index in [4.69, 9.17) is 18.9 Å². The number of hydrogen-bond acceptors (Lipinski definition) is 7. The van der Waals surface area contributed by atoms with E-state index in [0.29, 0.717) is 12.8 Å². The van der Waals surface area contributed by atoms with Crippen molar-refractivity contribution in [2.75, 3.05) is 19.9 Å². The molecular weight excluding hydrogens is 462 g/mol. The second-order valence-corrected chi connectivity index (χ2v) is 11.7.